The van der Waals surface area contributed by atoms with Crippen molar-refractivity contribution < 1.29 is 31.1 Å². The first kappa shape index (κ1) is 22.6. The number of carbonyl (C=O) groups excluding carboxylic acids is 1. The van der Waals surface area contributed by atoms with Crippen molar-refractivity contribution in [2.75, 3.05) is 6.61 Å². The van der Waals surface area contributed by atoms with Gasteiger partial charge in [0, 0.05) is 30.4 Å². The topological polar surface area (TPSA) is 97.4 Å². The number of amides is 1. The Labute approximate surface area is 166 Å². The number of ether oxygens (including phenoxy) is 1. The Bertz CT molecular complexity index is 946. The smallest absolute Gasteiger partial charge is 0.422 e. The van der Waals surface area contributed by atoms with Crippen molar-refractivity contribution in [1.82, 2.24) is 15.0 Å². The number of carbonyl (C=O) groups is 1. The summed E-state index contributed by atoms with van der Waals surface area (Å²) >= 11 is 0. The summed E-state index contributed by atoms with van der Waals surface area (Å²) < 4.78 is 67.8. The Morgan fingerprint density at radius 2 is 1.83 bits per heavy atom. The van der Waals surface area contributed by atoms with E-state index in [1.165, 1.54) is 42.6 Å². The normalized spacial score (nSPS) is 12.1. The van der Waals surface area contributed by atoms with Crippen LogP contribution in [0.3, 0.4) is 0 Å². The predicted molar refractivity (Wildman–Crippen MR) is 98.9 cm³/mol. The quantitative estimate of drug-likeness (QED) is 0.670. The van der Waals surface area contributed by atoms with Crippen molar-refractivity contribution in [2.45, 2.75) is 37.5 Å². The minimum absolute atomic E-state index is 0.0265. The van der Waals surface area contributed by atoms with Gasteiger partial charge in [0.1, 0.15) is 0 Å². The first-order valence-electron chi connectivity index (χ1n) is 8.51. The summed E-state index contributed by atoms with van der Waals surface area (Å²) in [5.41, 5.74) is 0.724. The SMILES string of the molecule is CC(C)NS(=O)(=O)c1ccc(C(=O)NCc2ccnc(OCC(F)(F)F)c2)cc1. The average Bonchev–Trinajstić information content (AvgIpc) is 2.63. The van der Waals surface area contributed by atoms with E-state index >= 15 is 0 Å². The lowest BCUT2D eigenvalue weighted by Gasteiger charge is -2.11. The number of pyridine rings is 1. The number of benzene rings is 1. The molecule has 7 nitrogen and oxygen atoms in total. The molecule has 2 aromatic rings. The lowest BCUT2D eigenvalue weighted by atomic mass is 10.2. The van der Waals surface area contributed by atoms with E-state index in [2.05, 4.69) is 19.8 Å². The number of aromatic nitrogens is 1. The Morgan fingerprint density at radius 3 is 2.41 bits per heavy atom. The molecule has 0 aliphatic rings. The Kier molecular flexibility index (Phi) is 7.20. The van der Waals surface area contributed by atoms with Crippen molar-refractivity contribution in [3.8, 4) is 5.88 Å². The fraction of sp³-hybridized carbons (Fsp3) is 0.333. The molecule has 0 bridgehead atoms. The third-order valence-electron chi connectivity index (χ3n) is 3.45. The van der Waals surface area contributed by atoms with E-state index in [9.17, 15) is 26.4 Å². The van der Waals surface area contributed by atoms with E-state index in [1.807, 2.05) is 0 Å². The Morgan fingerprint density at radius 1 is 1.17 bits per heavy atom. The molecular weight excluding hydrogens is 411 g/mol. The van der Waals surface area contributed by atoms with Gasteiger partial charge in [-0.1, -0.05) is 0 Å². The van der Waals surface area contributed by atoms with Crippen LogP contribution in [0, 0.1) is 0 Å². The summed E-state index contributed by atoms with van der Waals surface area (Å²) in [5, 5.41) is 2.60. The van der Waals surface area contributed by atoms with Crippen LogP contribution in [-0.4, -0.2) is 38.1 Å². The van der Waals surface area contributed by atoms with Crippen LogP contribution in [0.4, 0.5) is 13.2 Å². The predicted octanol–water partition coefficient (Wildman–Crippen LogP) is 2.64. The van der Waals surface area contributed by atoms with Crippen LogP contribution >= 0.6 is 0 Å². The second kappa shape index (κ2) is 9.23. The summed E-state index contributed by atoms with van der Waals surface area (Å²) in [5.74, 6) is -0.679. The van der Waals surface area contributed by atoms with Crippen molar-refractivity contribution in [3.05, 3.63) is 53.7 Å². The summed E-state index contributed by atoms with van der Waals surface area (Å²) in [4.78, 5) is 15.9. The van der Waals surface area contributed by atoms with E-state index in [-0.39, 0.29) is 28.9 Å². The molecule has 0 saturated heterocycles. The molecule has 11 heteroatoms. The van der Waals surface area contributed by atoms with Gasteiger partial charge >= 0.3 is 6.18 Å². The first-order valence-corrected chi connectivity index (χ1v) is 10.00. The van der Waals surface area contributed by atoms with E-state index in [0.29, 0.717) is 5.56 Å². The summed E-state index contributed by atoms with van der Waals surface area (Å²) in [7, 11) is -3.66. The van der Waals surface area contributed by atoms with Crippen molar-refractivity contribution in [2.24, 2.45) is 0 Å². The van der Waals surface area contributed by atoms with Crippen LogP contribution in [0.5, 0.6) is 5.88 Å². The van der Waals surface area contributed by atoms with Gasteiger partial charge in [-0.3, -0.25) is 4.79 Å². The molecule has 158 valence electrons. The van der Waals surface area contributed by atoms with Gasteiger partial charge in [0.25, 0.3) is 5.91 Å². The van der Waals surface area contributed by atoms with Crippen LogP contribution in [0.2, 0.25) is 0 Å². The lowest BCUT2D eigenvalue weighted by molar-refractivity contribution is -0.154. The summed E-state index contributed by atoms with van der Waals surface area (Å²) in [6.45, 7) is 1.95. The van der Waals surface area contributed by atoms with Crippen LogP contribution in [0.15, 0.2) is 47.5 Å². The molecule has 0 radical (unpaired) electrons. The van der Waals surface area contributed by atoms with Crippen molar-refractivity contribution in [1.29, 1.82) is 0 Å². The zero-order chi connectivity index (χ0) is 21.7. The largest absolute Gasteiger partial charge is 0.468 e. The van der Waals surface area contributed by atoms with E-state index in [1.54, 1.807) is 13.8 Å². The standard InChI is InChI=1S/C18H20F3N3O4S/c1-12(2)24-29(26,27)15-5-3-14(4-6-15)17(25)23-10-13-7-8-22-16(9-13)28-11-18(19,20)21/h3-9,12,24H,10-11H2,1-2H3,(H,23,25). The van der Waals surface area contributed by atoms with Crippen LogP contribution < -0.4 is 14.8 Å². The van der Waals surface area contributed by atoms with E-state index in [0.717, 1.165) is 0 Å². The van der Waals surface area contributed by atoms with Gasteiger partial charge < -0.3 is 10.1 Å². The van der Waals surface area contributed by atoms with Crippen molar-refractivity contribution >= 4 is 15.9 Å². The van der Waals surface area contributed by atoms with Crippen LogP contribution in [-0.2, 0) is 16.6 Å². The molecule has 0 fully saturated rings. The van der Waals surface area contributed by atoms with Gasteiger partial charge in [0.2, 0.25) is 15.9 Å². The number of hydrogen-bond donors (Lipinski definition) is 2. The number of nitrogens with zero attached hydrogens (tertiary/aromatic N) is 1. The van der Waals surface area contributed by atoms with Crippen LogP contribution in [0.25, 0.3) is 0 Å². The molecule has 0 saturated carbocycles. The molecule has 1 amide bonds. The molecule has 0 atom stereocenters. The number of halogens is 3. The highest BCUT2D eigenvalue weighted by molar-refractivity contribution is 7.89. The van der Waals surface area contributed by atoms with E-state index in [4.69, 9.17) is 0 Å². The number of nitrogens with one attached hydrogen (secondary N) is 2. The molecule has 1 heterocycles. The van der Waals surface area contributed by atoms with Gasteiger partial charge in [-0.25, -0.2) is 18.1 Å². The van der Waals surface area contributed by atoms with Gasteiger partial charge in [-0.05, 0) is 49.7 Å². The Balaban J connectivity index is 1.97. The lowest BCUT2D eigenvalue weighted by Crippen LogP contribution is -2.30. The monoisotopic (exact) mass is 431 g/mol. The number of rotatable bonds is 8. The fourth-order valence-electron chi connectivity index (χ4n) is 2.24. The zero-order valence-corrected chi connectivity index (χ0v) is 16.5. The summed E-state index contributed by atoms with van der Waals surface area (Å²) in [6, 6.07) is 7.91. The van der Waals surface area contributed by atoms with Gasteiger partial charge in [-0.2, -0.15) is 13.2 Å². The number of alkyl halides is 3. The van der Waals surface area contributed by atoms with Gasteiger partial charge in [0.05, 0.1) is 4.90 Å². The number of hydrogen-bond acceptors (Lipinski definition) is 5. The molecular formula is C18H20F3N3O4S. The minimum atomic E-state index is -4.48. The van der Waals surface area contributed by atoms with E-state index < -0.39 is 28.7 Å². The third kappa shape index (κ3) is 7.35. The molecule has 0 aliphatic carbocycles. The van der Waals surface area contributed by atoms with Gasteiger partial charge in [-0.15, -0.1) is 0 Å². The highest BCUT2D eigenvalue weighted by Gasteiger charge is 2.28. The Hall–Kier alpha value is -2.66. The molecule has 0 aliphatic heterocycles. The highest BCUT2D eigenvalue weighted by Crippen LogP contribution is 2.17. The zero-order valence-electron chi connectivity index (χ0n) is 15.7. The second-order valence-corrected chi connectivity index (χ2v) is 8.10. The average molecular weight is 431 g/mol. The third-order valence-corrected chi connectivity index (χ3v) is 5.13. The van der Waals surface area contributed by atoms with Crippen LogP contribution in [0.1, 0.15) is 29.8 Å². The molecule has 1 aromatic heterocycles. The molecule has 1 aromatic carbocycles. The molecule has 2 N–H and O–H groups in total. The maximum atomic E-state index is 12.2. The number of sulfonamides is 1. The first-order chi connectivity index (χ1) is 13.5. The van der Waals surface area contributed by atoms with Gasteiger partial charge in [0.15, 0.2) is 6.61 Å². The maximum absolute atomic E-state index is 12.2. The van der Waals surface area contributed by atoms with Crippen molar-refractivity contribution in [3.63, 3.8) is 0 Å². The summed E-state index contributed by atoms with van der Waals surface area (Å²) in [6.07, 6.45) is -3.20. The second-order valence-electron chi connectivity index (χ2n) is 6.39. The molecule has 2 rings (SSSR count). The maximum Gasteiger partial charge on any atom is 0.422 e. The minimum Gasteiger partial charge on any atom is -0.468 e. The highest BCUT2D eigenvalue weighted by atomic mass is 32.2. The fourth-order valence-corrected chi connectivity index (χ4v) is 3.49. The molecule has 29 heavy (non-hydrogen) atoms. The molecule has 0 unspecified atom stereocenters. The molecule has 0 spiro atoms.